The second kappa shape index (κ2) is 6.55. The van der Waals surface area contributed by atoms with Crippen molar-refractivity contribution in [3.05, 3.63) is 40.7 Å². The summed E-state index contributed by atoms with van der Waals surface area (Å²) in [5.41, 5.74) is 2.39. The minimum atomic E-state index is -0.0559. The summed E-state index contributed by atoms with van der Waals surface area (Å²) in [5.74, 6) is -0.0559. The van der Waals surface area contributed by atoms with Gasteiger partial charge in [-0.1, -0.05) is 37.1 Å². The highest BCUT2D eigenvalue weighted by Gasteiger charge is 2.13. The molecule has 0 aromatic carbocycles. The van der Waals surface area contributed by atoms with Gasteiger partial charge < -0.3 is 4.90 Å². The Labute approximate surface area is 113 Å². The molecular weight excluding hydrogens is 248 g/mol. The minimum absolute atomic E-state index is 0.0559. The molecule has 0 radical (unpaired) electrons. The first kappa shape index (κ1) is 14.7. The predicted octanol–water partition coefficient (Wildman–Crippen LogP) is 3.34. The number of carbonyl (C=O) groups excluding carboxylic acids is 1. The SMILES string of the molecule is C=C(C)CN(C)C(=O)c1cc(Cl)nc(CCC)c1. The number of pyridine rings is 1. The molecule has 1 aromatic heterocycles. The molecule has 1 heterocycles. The van der Waals surface area contributed by atoms with Gasteiger partial charge in [0, 0.05) is 24.8 Å². The van der Waals surface area contributed by atoms with E-state index >= 15 is 0 Å². The summed E-state index contributed by atoms with van der Waals surface area (Å²) in [6.45, 7) is 8.31. The summed E-state index contributed by atoms with van der Waals surface area (Å²) in [6, 6.07) is 3.42. The van der Waals surface area contributed by atoms with Crippen LogP contribution in [0.2, 0.25) is 5.15 Å². The smallest absolute Gasteiger partial charge is 0.254 e. The highest BCUT2D eigenvalue weighted by molar-refractivity contribution is 6.29. The molecule has 0 aliphatic carbocycles. The van der Waals surface area contributed by atoms with E-state index in [0.29, 0.717) is 17.3 Å². The fraction of sp³-hybridized carbons (Fsp3) is 0.429. The standard InChI is InChI=1S/C14H19ClN2O/c1-5-6-12-7-11(8-13(15)16-12)14(18)17(4)9-10(2)3/h7-8H,2,5-6,9H2,1,3-4H3. The largest absolute Gasteiger partial charge is 0.338 e. The van der Waals surface area contributed by atoms with Gasteiger partial charge in [0.1, 0.15) is 5.15 Å². The summed E-state index contributed by atoms with van der Waals surface area (Å²) >= 11 is 5.94. The second-order valence-corrected chi connectivity index (χ2v) is 4.93. The highest BCUT2D eigenvalue weighted by atomic mass is 35.5. The van der Waals surface area contributed by atoms with Crippen LogP contribution in [0.4, 0.5) is 0 Å². The van der Waals surface area contributed by atoms with Crippen molar-refractivity contribution < 1.29 is 4.79 Å². The normalized spacial score (nSPS) is 10.2. The summed E-state index contributed by atoms with van der Waals surface area (Å²) in [7, 11) is 1.75. The molecule has 0 saturated carbocycles. The maximum Gasteiger partial charge on any atom is 0.254 e. The number of rotatable bonds is 5. The lowest BCUT2D eigenvalue weighted by Crippen LogP contribution is -2.28. The lowest BCUT2D eigenvalue weighted by Gasteiger charge is -2.17. The average Bonchev–Trinajstić information content (AvgIpc) is 2.26. The van der Waals surface area contributed by atoms with Gasteiger partial charge in [-0.3, -0.25) is 4.79 Å². The topological polar surface area (TPSA) is 33.2 Å². The van der Waals surface area contributed by atoms with E-state index in [2.05, 4.69) is 18.5 Å². The number of hydrogen-bond acceptors (Lipinski definition) is 2. The monoisotopic (exact) mass is 266 g/mol. The zero-order valence-electron chi connectivity index (χ0n) is 11.2. The van der Waals surface area contributed by atoms with Gasteiger partial charge in [0.05, 0.1) is 0 Å². The van der Waals surface area contributed by atoms with Crippen molar-refractivity contribution in [2.24, 2.45) is 0 Å². The molecule has 1 amide bonds. The zero-order chi connectivity index (χ0) is 13.7. The van der Waals surface area contributed by atoms with Crippen LogP contribution in [-0.4, -0.2) is 29.4 Å². The Kier molecular flexibility index (Phi) is 5.35. The first-order valence-electron chi connectivity index (χ1n) is 6.00. The molecule has 0 fully saturated rings. The molecule has 3 nitrogen and oxygen atoms in total. The molecule has 0 aliphatic heterocycles. The van der Waals surface area contributed by atoms with E-state index in [-0.39, 0.29) is 5.91 Å². The average molecular weight is 267 g/mol. The predicted molar refractivity (Wildman–Crippen MR) is 75.0 cm³/mol. The number of aryl methyl sites for hydroxylation is 1. The van der Waals surface area contributed by atoms with E-state index in [1.807, 2.05) is 13.0 Å². The lowest BCUT2D eigenvalue weighted by atomic mass is 10.1. The summed E-state index contributed by atoms with van der Waals surface area (Å²) in [5, 5.41) is 0.369. The number of hydrogen-bond donors (Lipinski definition) is 0. The van der Waals surface area contributed by atoms with Crippen LogP contribution in [0.25, 0.3) is 0 Å². The molecule has 0 N–H and O–H groups in total. The van der Waals surface area contributed by atoms with Gasteiger partial charge in [-0.25, -0.2) is 4.98 Å². The molecule has 98 valence electrons. The highest BCUT2D eigenvalue weighted by Crippen LogP contribution is 2.14. The summed E-state index contributed by atoms with van der Waals surface area (Å²) in [6.07, 6.45) is 1.80. The number of amides is 1. The first-order valence-corrected chi connectivity index (χ1v) is 6.38. The molecular formula is C14H19ClN2O. The van der Waals surface area contributed by atoms with Gasteiger partial charge in [0.25, 0.3) is 5.91 Å². The van der Waals surface area contributed by atoms with Crippen molar-refractivity contribution in [3.8, 4) is 0 Å². The fourth-order valence-electron chi connectivity index (χ4n) is 1.76. The van der Waals surface area contributed by atoms with E-state index in [1.165, 1.54) is 0 Å². The van der Waals surface area contributed by atoms with Crippen LogP contribution in [-0.2, 0) is 6.42 Å². The molecule has 0 atom stereocenters. The number of halogens is 1. The van der Waals surface area contributed by atoms with Crippen molar-refractivity contribution in [3.63, 3.8) is 0 Å². The second-order valence-electron chi connectivity index (χ2n) is 4.54. The maximum absolute atomic E-state index is 12.2. The van der Waals surface area contributed by atoms with Crippen molar-refractivity contribution >= 4 is 17.5 Å². The van der Waals surface area contributed by atoms with Crippen molar-refractivity contribution in [1.29, 1.82) is 0 Å². The summed E-state index contributed by atoms with van der Waals surface area (Å²) < 4.78 is 0. The van der Waals surface area contributed by atoms with Gasteiger partial charge in [-0.05, 0) is 25.5 Å². The van der Waals surface area contributed by atoms with Crippen LogP contribution < -0.4 is 0 Å². The van der Waals surface area contributed by atoms with E-state index in [9.17, 15) is 4.79 Å². The first-order chi connectivity index (χ1) is 8.43. The molecule has 0 spiro atoms. The van der Waals surface area contributed by atoms with Crippen LogP contribution in [0.5, 0.6) is 0 Å². The lowest BCUT2D eigenvalue weighted by molar-refractivity contribution is 0.0806. The van der Waals surface area contributed by atoms with E-state index < -0.39 is 0 Å². The van der Waals surface area contributed by atoms with Crippen LogP contribution in [0.1, 0.15) is 36.3 Å². The van der Waals surface area contributed by atoms with Crippen LogP contribution >= 0.6 is 11.6 Å². The van der Waals surface area contributed by atoms with Crippen LogP contribution in [0.3, 0.4) is 0 Å². The van der Waals surface area contributed by atoms with E-state index in [0.717, 1.165) is 24.1 Å². The zero-order valence-corrected chi connectivity index (χ0v) is 11.9. The quantitative estimate of drug-likeness (QED) is 0.605. The minimum Gasteiger partial charge on any atom is -0.338 e. The van der Waals surface area contributed by atoms with Gasteiger partial charge in [-0.2, -0.15) is 0 Å². The fourth-order valence-corrected chi connectivity index (χ4v) is 1.98. The number of nitrogens with zero attached hydrogens (tertiary/aromatic N) is 2. The molecule has 0 aliphatic rings. The van der Waals surface area contributed by atoms with Crippen LogP contribution in [0.15, 0.2) is 24.3 Å². The maximum atomic E-state index is 12.2. The van der Waals surface area contributed by atoms with Crippen molar-refractivity contribution in [2.45, 2.75) is 26.7 Å². The molecule has 1 rings (SSSR count). The number of carbonyl (C=O) groups is 1. The molecule has 0 saturated heterocycles. The van der Waals surface area contributed by atoms with E-state index in [1.54, 1.807) is 18.0 Å². The Balaban J connectivity index is 2.94. The Morgan fingerprint density at radius 1 is 1.50 bits per heavy atom. The molecule has 1 aromatic rings. The third kappa shape index (κ3) is 4.15. The molecule has 0 bridgehead atoms. The van der Waals surface area contributed by atoms with Gasteiger partial charge in [0.15, 0.2) is 0 Å². The third-order valence-corrected chi connectivity index (χ3v) is 2.65. The third-order valence-electron chi connectivity index (χ3n) is 2.45. The number of likely N-dealkylation sites (N-methyl/N-ethyl adjacent to an activating group) is 1. The van der Waals surface area contributed by atoms with Crippen molar-refractivity contribution in [2.75, 3.05) is 13.6 Å². The van der Waals surface area contributed by atoms with Crippen molar-refractivity contribution in [1.82, 2.24) is 9.88 Å². The molecule has 18 heavy (non-hydrogen) atoms. The Bertz CT molecular complexity index is 457. The molecule has 4 heteroatoms. The Hall–Kier alpha value is -1.35. The van der Waals surface area contributed by atoms with Gasteiger partial charge >= 0.3 is 0 Å². The van der Waals surface area contributed by atoms with E-state index in [4.69, 9.17) is 11.6 Å². The molecule has 0 unspecified atom stereocenters. The Morgan fingerprint density at radius 3 is 2.72 bits per heavy atom. The summed E-state index contributed by atoms with van der Waals surface area (Å²) in [4.78, 5) is 18.0. The number of aromatic nitrogens is 1. The Morgan fingerprint density at radius 2 is 2.17 bits per heavy atom. The van der Waals surface area contributed by atoms with Crippen LogP contribution in [0, 0.1) is 0 Å². The van der Waals surface area contributed by atoms with Gasteiger partial charge in [0.2, 0.25) is 0 Å². The van der Waals surface area contributed by atoms with Gasteiger partial charge in [-0.15, -0.1) is 0 Å².